The zero-order valence-electron chi connectivity index (χ0n) is 21.4. The number of hydrogen-bond donors (Lipinski definition) is 0. The molecule has 0 bridgehead atoms. The van der Waals surface area contributed by atoms with Crippen LogP contribution in [0.1, 0.15) is 55.6 Å². The van der Waals surface area contributed by atoms with Crippen molar-refractivity contribution in [3.05, 3.63) is 87.6 Å². The van der Waals surface area contributed by atoms with Gasteiger partial charge in [-0.05, 0) is 80.8 Å². The number of benzene rings is 2. The lowest BCUT2D eigenvalue weighted by molar-refractivity contribution is 0.0292. The lowest BCUT2D eigenvalue weighted by Gasteiger charge is -2.37. The Labute approximate surface area is 217 Å². The average Bonchev–Trinajstić information content (AvgIpc) is 2.82. The van der Waals surface area contributed by atoms with Crippen LogP contribution < -0.4 is 4.74 Å². The quantitative estimate of drug-likeness (QED) is 0.431. The molecule has 2 unspecified atom stereocenters. The van der Waals surface area contributed by atoms with E-state index in [0.29, 0.717) is 42.3 Å². The first-order chi connectivity index (χ1) is 17.0. The molecule has 0 spiro atoms. The number of allylic oxidation sites excluding steroid dienone is 4. The zero-order chi connectivity index (χ0) is 26.0. The molecule has 2 aliphatic rings. The van der Waals surface area contributed by atoms with Gasteiger partial charge in [-0.25, -0.2) is 4.39 Å². The Morgan fingerprint density at radius 3 is 2.56 bits per heavy atom. The van der Waals surface area contributed by atoms with Gasteiger partial charge in [-0.2, -0.15) is 0 Å². The Morgan fingerprint density at radius 2 is 1.89 bits per heavy atom. The summed E-state index contributed by atoms with van der Waals surface area (Å²) in [6.45, 7) is 8.86. The first-order valence-corrected chi connectivity index (χ1v) is 12.6. The Hall–Kier alpha value is -2.99. The Kier molecular flexibility index (Phi) is 7.65. The molecule has 1 aliphatic carbocycles. The van der Waals surface area contributed by atoms with Gasteiger partial charge >= 0.3 is 0 Å². The van der Waals surface area contributed by atoms with Crippen molar-refractivity contribution in [3.8, 4) is 5.75 Å². The van der Waals surface area contributed by atoms with E-state index in [4.69, 9.17) is 25.8 Å². The maximum Gasteiger partial charge on any atom is 0.254 e. The predicted octanol–water partition coefficient (Wildman–Crippen LogP) is 6.69. The molecule has 7 heteroatoms. The summed E-state index contributed by atoms with van der Waals surface area (Å²) in [6, 6.07) is 9.48. The second-order valence-electron chi connectivity index (χ2n) is 10.4. The molecule has 5 nitrogen and oxygen atoms in total. The van der Waals surface area contributed by atoms with Gasteiger partial charge in [0.25, 0.3) is 5.91 Å². The zero-order valence-corrected chi connectivity index (χ0v) is 22.2. The molecule has 0 N–H and O–H groups in total. The second-order valence-corrected chi connectivity index (χ2v) is 10.8. The highest BCUT2D eigenvalue weighted by molar-refractivity contribution is 6.32. The van der Waals surface area contributed by atoms with Crippen LogP contribution in [0.25, 0.3) is 0 Å². The number of nitrogens with zero attached hydrogens (tertiary/aromatic N) is 1. The molecule has 1 amide bonds. The van der Waals surface area contributed by atoms with Crippen LogP contribution in [-0.4, -0.2) is 36.2 Å². The van der Waals surface area contributed by atoms with Crippen molar-refractivity contribution in [1.29, 1.82) is 0 Å². The third-order valence-electron chi connectivity index (χ3n) is 6.38. The van der Waals surface area contributed by atoms with Crippen LogP contribution in [0.2, 0.25) is 5.02 Å². The fraction of sp³-hybridized carbons (Fsp3) is 0.414. The van der Waals surface area contributed by atoms with Crippen molar-refractivity contribution in [2.24, 2.45) is 5.92 Å². The largest absolute Gasteiger partial charge is 0.496 e. The summed E-state index contributed by atoms with van der Waals surface area (Å²) in [7, 11) is 1.53. The Bertz CT molecular complexity index is 1200. The number of carbonyl (C=O) groups is 1. The normalized spacial score (nSPS) is 19.7. The summed E-state index contributed by atoms with van der Waals surface area (Å²) >= 11 is 6.29. The second kappa shape index (κ2) is 10.6. The van der Waals surface area contributed by atoms with Crippen LogP contribution in [0, 0.1) is 11.7 Å². The summed E-state index contributed by atoms with van der Waals surface area (Å²) in [6.07, 6.45) is 5.11. The van der Waals surface area contributed by atoms with Crippen LogP contribution >= 0.6 is 11.6 Å². The van der Waals surface area contributed by atoms with E-state index in [1.54, 1.807) is 35.2 Å². The van der Waals surface area contributed by atoms with Crippen molar-refractivity contribution < 1.29 is 23.4 Å². The highest BCUT2D eigenvalue weighted by Crippen LogP contribution is 2.32. The van der Waals surface area contributed by atoms with E-state index in [2.05, 4.69) is 6.92 Å². The minimum Gasteiger partial charge on any atom is -0.496 e. The summed E-state index contributed by atoms with van der Waals surface area (Å²) in [4.78, 5) is 15.4. The molecule has 0 saturated heterocycles. The molecule has 1 aliphatic heterocycles. The number of fused-ring (bicyclic) bond motifs is 1. The van der Waals surface area contributed by atoms with E-state index >= 15 is 0 Å². The number of rotatable bonds is 6. The minimum absolute atomic E-state index is 0.158. The van der Waals surface area contributed by atoms with E-state index in [1.807, 2.05) is 32.9 Å². The molecule has 0 radical (unpaired) electrons. The number of hydrogen-bond acceptors (Lipinski definition) is 4. The van der Waals surface area contributed by atoms with Gasteiger partial charge < -0.3 is 19.1 Å². The SMILES string of the molecule is COc1ccc(C(=O)N2Cc3ccc(F)cc3CC2COC2=CC=C(OC(C)(C)C)C(C)C2)cc1Cl. The number of halogens is 2. The topological polar surface area (TPSA) is 48.0 Å². The molecule has 0 fully saturated rings. The van der Waals surface area contributed by atoms with Crippen LogP contribution in [0.3, 0.4) is 0 Å². The number of amides is 1. The predicted molar refractivity (Wildman–Crippen MR) is 139 cm³/mol. The molecule has 2 atom stereocenters. The maximum atomic E-state index is 14.0. The molecule has 192 valence electrons. The van der Waals surface area contributed by atoms with Crippen LogP contribution in [-0.2, 0) is 22.4 Å². The van der Waals surface area contributed by atoms with Gasteiger partial charge in [-0.15, -0.1) is 0 Å². The molecule has 4 rings (SSSR count). The minimum atomic E-state index is -0.282. The monoisotopic (exact) mass is 513 g/mol. The number of methoxy groups -OCH3 is 1. The third-order valence-corrected chi connectivity index (χ3v) is 6.67. The van der Waals surface area contributed by atoms with Crippen molar-refractivity contribution in [2.75, 3.05) is 13.7 Å². The molecule has 36 heavy (non-hydrogen) atoms. The van der Waals surface area contributed by atoms with Crippen LogP contribution in [0.4, 0.5) is 4.39 Å². The van der Waals surface area contributed by atoms with E-state index in [9.17, 15) is 9.18 Å². The third kappa shape index (κ3) is 6.04. The standard InChI is InChI=1S/C29H33ClFNO4/c1-18-12-24(9-11-26(18)36-29(2,3)4)35-17-23-14-21-13-22(31)8-6-20(21)16-32(23)28(33)19-7-10-27(34-5)25(30)15-19/h6-11,13,15,18,23H,12,14,16-17H2,1-5H3. The van der Waals surface area contributed by atoms with Crippen molar-refractivity contribution in [1.82, 2.24) is 4.90 Å². The van der Waals surface area contributed by atoms with Gasteiger partial charge in [-0.1, -0.05) is 24.6 Å². The maximum absolute atomic E-state index is 14.0. The fourth-order valence-electron chi connectivity index (χ4n) is 4.58. The summed E-state index contributed by atoms with van der Waals surface area (Å²) in [5.74, 6) is 2.03. The first kappa shape index (κ1) is 26.1. The lowest BCUT2D eigenvalue weighted by atomic mass is 9.93. The molecule has 2 aromatic carbocycles. The first-order valence-electron chi connectivity index (χ1n) is 12.2. The summed E-state index contributed by atoms with van der Waals surface area (Å²) < 4.78 is 31.5. The van der Waals surface area contributed by atoms with Crippen molar-refractivity contribution in [2.45, 2.75) is 58.7 Å². The van der Waals surface area contributed by atoms with E-state index in [-0.39, 0.29) is 29.3 Å². The van der Waals surface area contributed by atoms with Gasteiger partial charge in [0.15, 0.2) is 0 Å². The number of carbonyl (C=O) groups excluding carboxylic acids is 1. The Balaban J connectivity index is 1.55. The lowest BCUT2D eigenvalue weighted by Crippen LogP contribution is -2.46. The molecule has 0 saturated carbocycles. The van der Waals surface area contributed by atoms with Gasteiger partial charge in [-0.3, -0.25) is 4.79 Å². The van der Waals surface area contributed by atoms with Gasteiger partial charge in [0.1, 0.15) is 29.5 Å². The van der Waals surface area contributed by atoms with Gasteiger partial charge in [0.05, 0.1) is 23.9 Å². The molecule has 2 aromatic rings. The van der Waals surface area contributed by atoms with E-state index in [0.717, 1.165) is 22.6 Å². The van der Waals surface area contributed by atoms with Crippen molar-refractivity contribution in [3.63, 3.8) is 0 Å². The highest BCUT2D eigenvalue weighted by Gasteiger charge is 2.32. The van der Waals surface area contributed by atoms with Crippen molar-refractivity contribution >= 4 is 17.5 Å². The smallest absolute Gasteiger partial charge is 0.254 e. The van der Waals surface area contributed by atoms with Crippen LogP contribution in [0.15, 0.2) is 60.1 Å². The summed E-state index contributed by atoms with van der Waals surface area (Å²) in [5, 5.41) is 0.372. The highest BCUT2D eigenvalue weighted by atomic mass is 35.5. The van der Waals surface area contributed by atoms with Gasteiger partial charge in [0, 0.05) is 24.4 Å². The van der Waals surface area contributed by atoms with Crippen LogP contribution in [0.5, 0.6) is 5.75 Å². The van der Waals surface area contributed by atoms with Gasteiger partial charge in [0.2, 0.25) is 0 Å². The molecular weight excluding hydrogens is 481 g/mol. The fourth-order valence-corrected chi connectivity index (χ4v) is 4.83. The average molecular weight is 514 g/mol. The van der Waals surface area contributed by atoms with E-state index < -0.39 is 0 Å². The number of ether oxygens (including phenoxy) is 3. The summed E-state index contributed by atoms with van der Waals surface area (Å²) in [5.41, 5.74) is 2.03. The molecular formula is C29H33ClFNO4. The Morgan fingerprint density at radius 1 is 1.11 bits per heavy atom. The molecule has 0 aromatic heterocycles. The molecule has 1 heterocycles. The van der Waals surface area contributed by atoms with E-state index in [1.165, 1.54) is 13.2 Å².